The van der Waals surface area contributed by atoms with Gasteiger partial charge in [0.15, 0.2) is 0 Å². The number of anilines is 1. The van der Waals surface area contributed by atoms with E-state index in [0.29, 0.717) is 13.0 Å². The molecule has 22 heavy (non-hydrogen) atoms. The molecule has 0 bridgehead atoms. The number of carbonyl (C=O) groups is 1. The third-order valence-corrected chi connectivity index (χ3v) is 5.90. The molecule has 1 fully saturated rings. The fourth-order valence-electron chi connectivity index (χ4n) is 3.67. The molecule has 1 aliphatic heterocycles. The Morgan fingerprint density at radius 2 is 2.18 bits per heavy atom. The molecule has 0 spiro atoms. The molecule has 0 aromatic carbocycles. The van der Waals surface area contributed by atoms with Crippen LogP contribution in [0.4, 0.5) is 5.82 Å². The van der Waals surface area contributed by atoms with Gasteiger partial charge < -0.3 is 14.8 Å². The van der Waals surface area contributed by atoms with E-state index in [2.05, 4.69) is 14.9 Å². The lowest BCUT2D eigenvalue weighted by Crippen LogP contribution is -2.44. The van der Waals surface area contributed by atoms with Crippen LogP contribution in [0.5, 0.6) is 0 Å². The van der Waals surface area contributed by atoms with Crippen LogP contribution < -0.4 is 10.0 Å². The Kier molecular flexibility index (Phi) is 3.29. The molecule has 0 unspecified atom stereocenters. The van der Waals surface area contributed by atoms with Crippen molar-refractivity contribution in [3.8, 4) is 0 Å². The lowest BCUT2D eigenvalue weighted by molar-refractivity contribution is -0.311. The van der Waals surface area contributed by atoms with E-state index in [1.54, 1.807) is 11.3 Å². The summed E-state index contributed by atoms with van der Waals surface area (Å²) in [6, 6.07) is 0. The fourth-order valence-corrected chi connectivity index (χ4v) is 4.97. The minimum atomic E-state index is -0.942. The molecule has 1 saturated heterocycles. The highest BCUT2D eigenvalue weighted by Gasteiger charge is 2.27. The number of rotatable bonds is 2. The molecule has 1 aliphatic carbocycles. The van der Waals surface area contributed by atoms with Crippen LogP contribution in [0.1, 0.15) is 35.5 Å². The normalized spacial score (nSPS) is 21.3. The van der Waals surface area contributed by atoms with Crippen LogP contribution in [0.15, 0.2) is 0 Å². The average molecular weight is 316 g/mol. The number of thiophene rings is 1. The van der Waals surface area contributed by atoms with E-state index in [1.807, 2.05) is 6.92 Å². The molecule has 5 nitrogen and oxygen atoms in total. The number of hydrogen-bond acceptors (Lipinski definition) is 6. The van der Waals surface area contributed by atoms with Crippen LogP contribution in [0.2, 0.25) is 0 Å². The number of piperidine rings is 1. The Bertz CT molecular complexity index is 755. The summed E-state index contributed by atoms with van der Waals surface area (Å²) < 4.78 is 0. The molecule has 0 N–H and O–H groups in total. The summed E-state index contributed by atoms with van der Waals surface area (Å²) in [4.78, 5) is 25.1. The zero-order valence-electron chi connectivity index (χ0n) is 12.6. The first kappa shape index (κ1) is 13.9. The minimum absolute atomic E-state index is 0.397. The van der Waals surface area contributed by atoms with E-state index in [9.17, 15) is 9.90 Å². The van der Waals surface area contributed by atoms with Crippen LogP contribution >= 0.6 is 11.3 Å². The number of carbonyl (C=O) groups excluding carboxylic acids is 1. The Balaban J connectivity index is 1.82. The second-order valence-electron chi connectivity index (χ2n) is 6.24. The maximum absolute atomic E-state index is 11.2. The predicted molar refractivity (Wildman–Crippen MR) is 84.1 cm³/mol. The second kappa shape index (κ2) is 5.19. The van der Waals surface area contributed by atoms with Crippen LogP contribution in [-0.4, -0.2) is 29.0 Å². The molecule has 3 heterocycles. The number of aromatic nitrogens is 2. The quantitative estimate of drug-likeness (QED) is 0.839. The van der Waals surface area contributed by atoms with Gasteiger partial charge in [-0.25, -0.2) is 9.97 Å². The van der Waals surface area contributed by atoms with Crippen molar-refractivity contribution in [2.24, 2.45) is 5.92 Å². The lowest BCUT2D eigenvalue weighted by atomic mass is 9.98. The molecule has 2 aliphatic rings. The van der Waals surface area contributed by atoms with Gasteiger partial charge in [0.2, 0.25) is 0 Å². The molecular formula is C16H18N3O2S-. The third-order valence-electron chi connectivity index (χ3n) is 4.71. The Morgan fingerprint density at radius 1 is 1.32 bits per heavy atom. The van der Waals surface area contributed by atoms with E-state index in [4.69, 9.17) is 0 Å². The molecule has 2 aromatic heterocycles. The van der Waals surface area contributed by atoms with E-state index < -0.39 is 11.9 Å². The fraction of sp³-hybridized carbons (Fsp3) is 0.562. The summed E-state index contributed by atoms with van der Waals surface area (Å²) in [5, 5.41) is 12.4. The molecular weight excluding hydrogens is 298 g/mol. The first-order valence-corrected chi connectivity index (χ1v) is 8.70. The van der Waals surface area contributed by atoms with Gasteiger partial charge in [-0.3, -0.25) is 0 Å². The maximum atomic E-state index is 11.2. The van der Waals surface area contributed by atoms with E-state index in [0.717, 1.165) is 42.3 Å². The number of aryl methyl sites for hydroxylation is 3. The standard InChI is InChI=1S/C16H19N3O2S/c1-9-17-14(19-7-3-4-10(8-19)16(20)21)13-11-5-2-6-12(11)22-15(13)18-9/h10H,2-8H2,1H3,(H,20,21)/p-1/t10-/m0/s1. The Morgan fingerprint density at radius 3 is 3.00 bits per heavy atom. The largest absolute Gasteiger partial charge is 0.550 e. The van der Waals surface area contributed by atoms with Gasteiger partial charge in [0.25, 0.3) is 0 Å². The van der Waals surface area contributed by atoms with Crippen molar-refractivity contribution in [3.63, 3.8) is 0 Å². The van der Waals surface area contributed by atoms with Crippen LogP contribution in [0.25, 0.3) is 10.2 Å². The van der Waals surface area contributed by atoms with E-state index in [-0.39, 0.29) is 0 Å². The maximum Gasteiger partial charge on any atom is 0.141 e. The van der Waals surface area contributed by atoms with E-state index in [1.165, 1.54) is 22.2 Å². The summed E-state index contributed by atoms with van der Waals surface area (Å²) in [7, 11) is 0. The summed E-state index contributed by atoms with van der Waals surface area (Å²) in [5.74, 6) is 0.360. The summed E-state index contributed by atoms with van der Waals surface area (Å²) in [6.07, 6.45) is 5.00. The highest BCUT2D eigenvalue weighted by Crippen LogP contribution is 2.41. The van der Waals surface area contributed by atoms with Crippen molar-refractivity contribution in [1.29, 1.82) is 0 Å². The van der Waals surface area contributed by atoms with Crippen molar-refractivity contribution in [2.75, 3.05) is 18.0 Å². The number of carboxylic acids is 1. The van der Waals surface area contributed by atoms with Gasteiger partial charge in [-0.05, 0) is 44.6 Å². The van der Waals surface area contributed by atoms with Crippen molar-refractivity contribution < 1.29 is 9.90 Å². The highest BCUT2D eigenvalue weighted by molar-refractivity contribution is 7.19. The van der Waals surface area contributed by atoms with Crippen LogP contribution in [0, 0.1) is 12.8 Å². The predicted octanol–water partition coefficient (Wildman–Crippen LogP) is 1.45. The number of aliphatic carboxylic acids is 1. The molecule has 0 saturated carbocycles. The van der Waals surface area contributed by atoms with Crippen molar-refractivity contribution >= 4 is 33.3 Å². The average Bonchev–Trinajstić information content (AvgIpc) is 3.06. The van der Waals surface area contributed by atoms with E-state index >= 15 is 0 Å². The first-order chi connectivity index (χ1) is 10.6. The lowest BCUT2D eigenvalue weighted by Gasteiger charge is -2.34. The van der Waals surface area contributed by atoms with Gasteiger partial charge in [0, 0.05) is 29.9 Å². The first-order valence-electron chi connectivity index (χ1n) is 7.88. The number of nitrogens with zero attached hydrogens (tertiary/aromatic N) is 3. The smallest absolute Gasteiger partial charge is 0.141 e. The van der Waals surface area contributed by atoms with Gasteiger partial charge in [-0.1, -0.05) is 0 Å². The molecule has 116 valence electrons. The number of fused-ring (bicyclic) bond motifs is 3. The zero-order valence-corrected chi connectivity index (χ0v) is 13.4. The monoisotopic (exact) mass is 316 g/mol. The minimum Gasteiger partial charge on any atom is -0.550 e. The Hall–Kier alpha value is -1.69. The van der Waals surface area contributed by atoms with Gasteiger partial charge >= 0.3 is 0 Å². The Labute approximate surface area is 133 Å². The highest BCUT2D eigenvalue weighted by atomic mass is 32.1. The summed E-state index contributed by atoms with van der Waals surface area (Å²) >= 11 is 1.78. The SMILES string of the molecule is Cc1nc(N2CCC[C@H](C(=O)[O-])C2)c2c3c(sc2n1)CCC3. The van der Waals surface area contributed by atoms with Gasteiger partial charge in [0.1, 0.15) is 16.5 Å². The molecule has 2 aromatic rings. The second-order valence-corrected chi connectivity index (χ2v) is 7.32. The van der Waals surface area contributed by atoms with Gasteiger partial charge in [-0.15, -0.1) is 11.3 Å². The van der Waals surface area contributed by atoms with Crippen LogP contribution in [-0.2, 0) is 17.6 Å². The molecule has 6 heteroatoms. The molecule has 0 amide bonds. The van der Waals surface area contributed by atoms with Crippen LogP contribution in [0.3, 0.4) is 0 Å². The zero-order chi connectivity index (χ0) is 15.3. The van der Waals surface area contributed by atoms with Crippen molar-refractivity contribution in [1.82, 2.24) is 9.97 Å². The molecule has 4 rings (SSSR count). The molecule has 1 atom stereocenters. The number of carboxylic acid groups (broad SMARTS) is 1. The summed E-state index contributed by atoms with van der Waals surface area (Å²) in [5.41, 5.74) is 1.39. The number of hydrogen-bond donors (Lipinski definition) is 0. The summed E-state index contributed by atoms with van der Waals surface area (Å²) in [6.45, 7) is 3.27. The third kappa shape index (κ3) is 2.17. The van der Waals surface area contributed by atoms with Gasteiger partial charge in [0.05, 0.1) is 5.39 Å². The topological polar surface area (TPSA) is 69.2 Å². The molecule has 0 radical (unpaired) electrons. The van der Waals surface area contributed by atoms with Crippen molar-refractivity contribution in [3.05, 3.63) is 16.3 Å². The van der Waals surface area contributed by atoms with Gasteiger partial charge in [-0.2, -0.15) is 0 Å². The van der Waals surface area contributed by atoms with Crippen molar-refractivity contribution in [2.45, 2.75) is 39.0 Å².